The Morgan fingerprint density at radius 3 is 2.44 bits per heavy atom. The summed E-state index contributed by atoms with van der Waals surface area (Å²) in [6.07, 6.45) is 1.09. The maximum absolute atomic E-state index is 4.04. The van der Waals surface area contributed by atoms with Crippen LogP contribution in [0, 0.1) is 0 Å². The van der Waals surface area contributed by atoms with Crippen molar-refractivity contribution in [3.63, 3.8) is 0 Å². The van der Waals surface area contributed by atoms with Gasteiger partial charge in [-0.25, -0.2) is 0 Å². The second kappa shape index (κ2) is 6.33. The summed E-state index contributed by atoms with van der Waals surface area (Å²) in [6, 6.07) is 8.72. The van der Waals surface area contributed by atoms with Crippen LogP contribution in [-0.4, -0.2) is 27.2 Å². The van der Waals surface area contributed by atoms with Gasteiger partial charge in [0.2, 0.25) is 0 Å². The van der Waals surface area contributed by atoms with E-state index in [2.05, 4.69) is 55.0 Å². The molecule has 0 amide bonds. The Balaban J connectivity index is 2.58. The van der Waals surface area contributed by atoms with Gasteiger partial charge < -0.3 is 10.2 Å². The highest BCUT2D eigenvalue weighted by atomic mass is 15.1. The summed E-state index contributed by atoms with van der Waals surface area (Å²) in [5.74, 6) is 0. The van der Waals surface area contributed by atoms with E-state index < -0.39 is 0 Å². The summed E-state index contributed by atoms with van der Waals surface area (Å²) in [4.78, 5) is 2.22. The average Bonchev–Trinajstić information content (AvgIpc) is 2.29. The zero-order valence-corrected chi connectivity index (χ0v) is 10.6. The molecule has 16 heavy (non-hydrogen) atoms. The molecule has 88 valence electrons. The van der Waals surface area contributed by atoms with E-state index in [4.69, 9.17) is 0 Å². The van der Waals surface area contributed by atoms with E-state index in [9.17, 15) is 0 Å². The van der Waals surface area contributed by atoms with Crippen molar-refractivity contribution in [2.45, 2.75) is 13.3 Å². The Kier molecular flexibility index (Phi) is 5.06. The lowest BCUT2D eigenvalue weighted by Crippen LogP contribution is -2.24. The normalized spacial score (nSPS) is 10.2. The van der Waals surface area contributed by atoms with Gasteiger partial charge in [-0.3, -0.25) is 0 Å². The number of likely N-dealkylation sites (N-methyl/N-ethyl adjacent to an activating group) is 2. The lowest BCUT2D eigenvalue weighted by Gasteiger charge is -2.20. The van der Waals surface area contributed by atoms with Gasteiger partial charge in [-0.2, -0.15) is 0 Å². The van der Waals surface area contributed by atoms with Gasteiger partial charge in [0.05, 0.1) is 0 Å². The van der Waals surface area contributed by atoms with E-state index in [-0.39, 0.29) is 0 Å². The molecule has 1 rings (SSSR count). The Morgan fingerprint density at radius 2 is 1.94 bits per heavy atom. The van der Waals surface area contributed by atoms with Gasteiger partial charge in [0.15, 0.2) is 0 Å². The van der Waals surface area contributed by atoms with Crippen LogP contribution < -0.4 is 10.2 Å². The molecule has 2 nitrogen and oxygen atoms in total. The van der Waals surface area contributed by atoms with Crippen LogP contribution in [0.25, 0.3) is 0 Å². The van der Waals surface area contributed by atoms with Crippen molar-refractivity contribution in [2.75, 3.05) is 32.1 Å². The molecule has 0 bridgehead atoms. The van der Waals surface area contributed by atoms with Crippen LogP contribution in [-0.2, 0) is 6.42 Å². The minimum Gasteiger partial charge on any atom is -0.371 e. The molecule has 0 aliphatic rings. The van der Waals surface area contributed by atoms with E-state index >= 15 is 0 Å². The van der Waals surface area contributed by atoms with Gasteiger partial charge in [-0.1, -0.05) is 25.6 Å². The molecule has 1 aromatic rings. The third kappa shape index (κ3) is 3.70. The number of anilines is 1. The first kappa shape index (κ1) is 12.8. The molecule has 0 saturated carbocycles. The largest absolute Gasteiger partial charge is 0.371 e. The van der Waals surface area contributed by atoms with Gasteiger partial charge in [-0.15, -0.1) is 0 Å². The predicted octanol–water partition coefficient (Wildman–Crippen LogP) is 2.46. The van der Waals surface area contributed by atoms with E-state index in [1.54, 1.807) is 0 Å². The molecular formula is C14H22N2. The van der Waals surface area contributed by atoms with Crippen molar-refractivity contribution in [1.29, 1.82) is 0 Å². The van der Waals surface area contributed by atoms with Gasteiger partial charge in [0.1, 0.15) is 0 Å². The fourth-order valence-corrected chi connectivity index (χ4v) is 1.72. The van der Waals surface area contributed by atoms with Crippen molar-refractivity contribution >= 4 is 5.69 Å². The number of benzene rings is 1. The molecule has 0 heterocycles. The molecule has 0 aliphatic carbocycles. The molecule has 1 aromatic carbocycles. The monoisotopic (exact) mass is 218 g/mol. The summed E-state index contributed by atoms with van der Waals surface area (Å²) in [7, 11) is 4.04. The molecule has 0 aromatic heterocycles. The number of nitrogens with one attached hydrogen (secondary N) is 1. The zero-order valence-electron chi connectivity index (χ0n) is 10.6. The first-order chi connectivity index (χ1) is 7.67. The molecular weight excluding hydrogens is 196 g/mol. The highest BCUT2D eigenvalue weighted by Gasteiger charge is 2.02. The Bertz CT molecular complexity index is 327. The molecule has 0 atom stereocenters. The van der Waals surface area contributed by atoms with Crippen molar-refractivity contribution in [3.8, 4) is 0 Å². The smallest absolute Gasteiger partial charge is 0.0395 e. The van der Waals surface area contributed by atoms with Crippen molar-refractivity contribution in [1.82, 2.24) is 5.32 Å². The third-order valence-electron chi connectivity index (χ3n) is 2.67. The lowest BCUT2D eigenvalue weighted by atomic mass is 10.1. The Morgan fingerprint density at radius 1 is 1.31 bits per heavy atom. The molecule has 0 saturated heterocycles. The maximum atomic E-state index is 4.04. The van der Waals surface area contributed by atoms with Crippen LogP contribution in [0.2, 0.25) is 0 Å². The Labute approximate surface area is 99.0 Å². The zero-order chi connectivity index (χ0) is 12.0. The van der Waals surface area contributed by atoms with Crippen molar-refractivity contribution < 1.29 is 0 Å². The topological polar surface area (TPSA) is 15.3 Å². The second-order valence-corrected chi connectivity index (χ2v) is 4.16. The van der Waals surface area contributed by atoms with E-state index in [0.29, 0.717) is 0 Å². The molecule has 1 N–H and O–H groups in total. The quantitative estimate of drug-likeness (QED) is 0.738. The number of rotatable bonds is 6. The van der Waals surface area contributed by atoms with Crippen molar-refractivity contribution in [3.05, 3.63) is 42.0 Å². The van der Waals surface area contributed by atoms with Crippen LogP contribution in [0.15, 0.2) is 36.4 Å². The second-order valence-electron chi connectivity index (χ2n) is 4.16. The van der Waals surface area contributed by atoms with Crippen LogP contribution in [0.4, 0.5) is 5.69 Å². The molecule has 0 unspecified atom stereocenters. The SMILES string of the molecule is C=C(CNC)CN(C)c1ccc(CC)cc1. The standard InChI is InChI=1S/C14H22N2/c1-5-13-6-8-14(9-7-13)16(4)11-12(2)10-15-3/h6-9,15H,2,5,10-11H2,1,3-4H3. The van der Waals surface area contributed by atoms with Crippen LogP contribution >= 0.6 is 0 Å². The number of hydrogen-bond acceptors (Lipinski definition) is 2. The predicted molar refractivity (Wildman–Crippen MR) is 72.2 cm³/mol. The van der Waals surface area contributed by atoms with Gasteiger partial charge >= 0.3 is 0 Å². The van der Waals surface area contributed by atoms with Crippen LogP contribution in [0.3, 0.4) is 0 Å². The highest BCUT2D eigenvalue weighted by Crippen LogP contribution is 2.14. The third-order valence-corrected chi connectivity index (χ3v) is 2.67. The van der Waals surface area contributed by atoms with Gasteiger partial charge in [-0.05, 0) is 36.7 Å². The minimum atomic E-state index is 0.872. The lowest BCUT2D eigenvalue weighted by molar-refractivity contribution is 0.840. The van der Waals surface area contributed by atoms with E-state index in [1.807, 2.05) is 7.05 Å². The minimum absolute atomic E-state index is 0.872. The van der Waals surface area contributed by atoms with E-state index in [0.717, 1.165) is 19.5 Å². The molecule has 0 radical (unpaired) electrons. The van der Waals surface area contributed by atoms with Crippen LogP contribution in [0.1, 0.15) is 12.5 Å². The maximum Gasteiger partial charge on any atom is 0.0395 e. The van der Waals surface area contributed by atoms with Gasteiger partial charge in [0.25, 0.3) is 0 Å². The molecule has 2 heteroatoms. The fourth-order valence-electron chi connectivity index (χ4n) is 1.72. The van der Waals surface area contributed by atoms with Crippen LogP contribution in [0.5, 0.6) is 0 Å². The van der Waals surface area contributed by atoms with Crippen molar-refractivity contribution in [2.24, 2.45) is 0 Å². The molecule has 0 spiro atoms. The first-order valence-electron chi connectivity index (χ1n) is 5.78. The first-order valence-corrected chi connectivity index (χ1v) is 5.78. The summed E-state index contributed by atoms with van der Waals surface area (Å²) >= 11 is 0. The summed E-state index contributed by atoms with van der Waals surface area (Å²) in [5.41, 5.74) is 3.82. The van der Waals surface area contributed by atoms with Gasteiger partial charge in [0, 0.05) is 25.8 Å². The fraction of sp³-hybridized carbons (Fsp3) is 0.429. The average molecular weight is 218 g/mol. The van der Waals surface area contributed by atoms with E-state index in [1.165, 1.54) is 16.8 Å². The highest BCUT2D eigenvalue weighted by molar-refractivity contribution is 5.48. The molecule has 0 aliphatic heterocycles. The summed E-state index contributed by atoms with van der Waals surface area (Å²) in [6.45, 7) is 7.98. The number of hydrogen-bond donors (Lipinski definition) is 1. The Hall–Kier alpha value is -1.28. The summed E-state index contributed by atoms with van der Waals surface area (Å²) in [5, 5.41) is 3.12. The summed E-state index contributed by atoms with van der Waals surface area (Å²) < 4.78 is 0. The molecule has 0 fully saturated rings. The number of nitrogens with zero attached hydrogens (tertiary/aromatic N) is 1. The number of aryl methyl sites for hydroxylation is 1.